The van der Waals surface area contributed by atoms with E-state index in [1.54, 1.807) is 25.3 Å². The number of methoxy groups -OCH3 is 2. The fourth-order valence-corrected chi connectivity index (χ4v) is 2.95. The zero-order valence-corrected chi connectivity index (χ0v) is 13.7. The van der Waals surface area contributed by atoms with E-state index in [0.717, 1.165) is 13.0 Å². The van der Waals surface area contributed by atoms with Crippen LogP contribution < -0.4 is 9.47 Å². The van der Waals surface area contributed by atoms with Crippen molar-refractivity contribution in [1.82, 2.24) is 4.90 Å². The maximum atomic E-state index is 12.8. The first-order chi connectivity index (χ1) is 11.0. The van der Waals surface area contributed by atoms with Gasteiger partial charge in [0.1, 0.15) is 11.5 Å². The van der Waals surface area contributed by atoms with E-state index < -0.39 is 11.9 Å². The van der Waals surface area contributed by atoms with Gasteiger partial charge in [-0.1, -0.05) is 0 Å². The Bertz CT molecular complexity index is 586. The van der Waals surface area contributed by atoms with E-state index in [1.807, 2.05) is 11.8 Å². The van der Waals surface area contributed by atoms with Crippen LogP contribution in [0.25, 0.3) is 0 Å². The number of rotatable bonds is 6. The summed E-state index contributed by atoms with van der Waals surface area (Å²) in [6.07, 6.45) is 1.45. The quantitative estimate of drug-likeness (QED) is 0.808. The molecule has 23 heavy (non-hydrogen) atoms. The Morgan fingerprint density at radius 2 is 2.04 bits per heavy atom. The van der Waals surface area contributed by atoms with Crippen molar-refractivity contribution in [3.05, 3.63) is 23.8 Å². The molecule has 1 aromatic rings. The van der Waals surface area contributed by atoms with E-state index in [-0.39, 0.29) is 11.8 Å². The number of piperidine rings is 1. The summed E-state index contributed by atoms with van der Waals surface area (Å²) in [5.74, 6) is -0.188. The molecule has 1 aliphatic rings. The van der Waals surface area contributed by atoms with E-state index in [9.17, 15) is 14.7 Å². The van der Waals surface area contributed by atoms with Crippen molar-refractivity contribution in [1.29, 1.82) is 0 Å². The summed E-state index contributed by atoms with van der Waals surface area (Å²) in [7, 11) is 3.07. The summed E-state index contributed by atoms with van der Waals surface area (Å²) in [6.45, 7) is 2.95. The van der Waals surface area contributed by atoms with Crippen molar-refractivity contribution in [2.75, 3.05) is 27.3 Å². The van der Waals surface area contributed by atoms with Gasteiger partial charge in [0.2, 0.25) is 0 Å². The molecule has 6 heteroatoms. The maximum absolute atomic E-state index is 12.8. The van der Waals surface area contributed by atoms with E-state index in [1.165, 1.54) is 7.11 Å². The minimum Gasteiger partial charge on any atom is -0.497 e. The Balaban J connectivity index is 2.17. The largest absolute Gasteiger partial charge is 0.497 e. The molecule has 1 aromatic carbocycles. The van der Waals surface area contributed by atoms with Crippen LogP contribution in [0.15, 0.2) is 18.2 Å². The molecule has 0 aromatic heterocycles. The first-order valence-electron chi connectivity index (χ1n) is 7.71. The Morgan fingerprint density at radius 3 is 2.65 bits per heavy atom. The first kappa shape index (κ1) is 17.3. The third-order valence-corrected chi connectivity index (χ3v) is 4.40. The second kappa shape index (κ2) is 7.46. The van der Waals surface area contributed by atoms with Gasteiger partial charge >= 0.3 is 5.97 Å². The number of hydrogen-bond donors (Lipinski definition) is 1. The molecule has 6 nitrogen and oxygen atoms in total. The zero-order valence-electron chi connectivity index (χ0n) is 13.7. The summed E-state index contributed by atoms with van der Waals surface area (Å²) < 4.78 is 10.4. The SMILES string of the molecule is COc1ccc(C(=O)C(C)N2CCCC(C(=O)O)C2)c(OC)c1. The number of Topliss-reactive ketones (excluding diaryl/α,β-unsaturated/α-hetero) is 1. The lowest BCUT2D eigenvalue weighted by Gasteiger charge is -2.34. The van der Waals surface area contributed by atoms with Crippen LogP contribution in [0.4, 0.5) is 0 Å². The third-order valence-electron chi connectivity index (χ3n) is 4.40. The molecule has 0 bridgehead atoms. The molecule has 126 valence electrons. The molecule has 0 spiro atoms. The lowest BCUT2D eigenvalue weighted by molar-refractivity contribution is -0.143. The van der Waals surface area contributed by atoms with Crippen LogP contribution in [0.3, 0.4) is 0 Å². The molecule has 1 fully saturated rings. The van der Waals surface area contributed by atoms with Crippen LogP contribution in [0, 0.1) is 5.92 Å². The lowest BCUT2D eigenvalue weighted by atomic mass is 9.95. The van der Waals surface area contributed by atoms with Crippen molar-refractivity contribution in [2.24, 2.45) is 5.92 Å². The van der Waals surface area contributed by atoms with E-state index in [0.29, 0.717) is 30.0 Å². The smallest absolute Gasteiger partial charge is 0.307 e. The molecule has 0 saturated carbocycles. The number of ketones is 1. The topological polar surface area (TPSA) is 76.1 Å². The number of aliphatic carboxylic acids is 1. The highest BCUT2D eigenvalue weighted by Crippen LogP contribution is 2.27. The van der Waals surface area contributed by atoms with Gasteiger partial charge in [-0.05, 0) is 38.4 Å². The minimum atomic E-state index is -0.795. The fourth-order valence-electron chi connectivity index (χ4n) is 2.95. The Morgan fingerprint density at radius 1 is 1.30 bits per heavy atom. The number of carboxylic acid groups (broad SMARTS) is 1. The van der Waals surface area contributed by atoms with Gasteiger partial charge in [-0.15, -0.1) is 0 Å². The summed E-state index contributed by atoms with van der Waals surface area (Å²) in [5.41, 5.74) is 0.484. The fraction of sp³-hybridized carbons (Fsp3) is 0.529. The summed E-state index contributed by atoms with van der Waals surface area (Å²) in [6, 6.07) is 4.70. The zero-order chi connectivity index (χ0) is 17.0. The lowest BCUT2D eigenvalue weighted by Crippen LogP contribution is -2.46. The molecule has 1 saturated heterocycles. The van der Waals surface area contributed by atoms with Crippen LogP contribution in [0.5, 0.6) is 11.5 Å². The van der Waals surface area contributed by atoms with E-state index in [2.05, 4.69) is 0 Å². The van der Waals surface area contributed by atoms with Crippen LogP contribution in [0.1, 0.15) is 30.1 Å². The highest BCUT2D eigenvalue weighted by molar-refractivity contribution is 6.02. The van der Waals surface area contributed by atoms with Gasteiger partial charge in [0, 0.05) is 12.6 Å². The minimum absolute atomic E-state index is 0.0736. The molecule has 0 amide bonds. The number of ether oxygens (including phenoxy) is 2. The average Bonchev–Trinajstić information content (AvgIpc) is 2.59. The molecule has 0 radical (unpaired) electrons. The molecule has 1 N–H and O–H groups in total. The van der Waals surface area contributed by atoms with Gasteiger partial charge in [-0.25, -0.2) is 0 Å². The van der Waals surface area contributed by atoms with Crippen molar-refractivity contribution in [3.63, 3.8) is 0 Å². The monoisotopic (exact) mass is 321 g/mol. The van der Waals surface area contributed by atoms with Gasteiger partial charge in [0.05, 0.1) is 31.7 Å². The van der Waals surface area contributed by atoms with Crippen molar-refractivity contribution < 1.29 is 24.2 Å². The summed E-state index contributed by atoms with van der Waals surface area (Å²) in [5, 5.41) is 9.19. The number of carboxylic acids is 1. The summed E-state index contributed by atoms with van der Waals surface area (Å²) in [4.78, 5) is 25.9. The molecule has 1 heterocycles. The average molecular weight is 321 g/mol. The Labute approximate surface area is 136 Å². The van der Waals surface area contributed by atoms with Crippen LogP contribution >= 0.6 is 0 Å². The molecule has 0 aliphatic carbocycles. The molecule has 2 unspecified atom stereocenters. The molecule has 2 atom stereocenters. The van der Waals surface area contributed by atoms with Crippen molar-refractivity contribution >= 4 is 11.8 Å². The second-order valence-electron chi connectivity index (χ2n) is 5.78. The highest BCUT2D eigenvalue weighted by atomic mass is 16.5. The summed E-state index contributed by atoms with van der Waals surface area (Å²) >= 11 is 0. The Kier molecular flexibility index (Phi) is 5.60. The van der Waals surface area contributed by atoms with Crippen LogP contribution in [-0.4, -0.2) is 55.1 Å². The van der Waals surface area contributed by atoms with E-state index >= 15 is 0 Å². The maximum Gasteiger partial charge on any atom is 0.307 e. The number of hydrogen-bond acceptors (Lipinski definition) is 5. The number of carbonyl (C=O) groups excluding carboxylic acids is 1. The normalized spacial score (nSPS) is 19.9. The number of nitrogens with zero attached hydrogens (tertiary/aromatic N) is 1. The van der Waals surface area contributed by atoms with Crippen molar-refractivity contribution in [2.45, 2.75) is 25.8 Å². The molecule has 1 aliphatic heterocycles. The third kappa shape index (κ3) is 3.82. The van der Waals surface area contributed by atoms with Gasteiger partial charge in [-0.2, -0.15) is 0 Å². The molecule has 2 rings (SSSR count). The molecular formula is C17H23NO5. The van der Waals surface area contributed by atoms with Gasteiger partial charge < -0.3 is 14.6 Å². The highest BCUT2D eigenvalue weighted by Gasteiger charge is 2.31. The standard InChI is InChI=1S/C17H23NO5/c1-11(18-8-4-5-12(10-18)17(20)21)16(19)14-7-6-13(22-2)9-15(14)23-3/h6-7,9,11-12H,4-5,8,10H2,1-3H3,(H,20,21). The van der Waals surface area contributed by atoms with Crippen LogP contribution in [0.2, 0.25) is 0 Å². The predicted molar refractivity (Wildman–Crippen MR) is 85.3 cm³/mol. The number of benzene rings is 1. The van der Waals surface area contributed by atoms with Crippen molar-refractivity contribution in [3.8, 4) is 11.5 Å². The number of likely N-dealkylation sites (tertiary alicyclic amines) is 1. The molecular weight excluding hydrogens is 298 g/mol. The second-order valence-corrected chi connectivity index (χ2v) is 5.78. The first-order valence-corrected chi connectivity index (χ1v) is 7.71. The Hall–Kier alpha value is -2.08. The van der Waals surface area contributed by atoms with Gasteiger partial charge in [0.15, 0.2) is 5.78 Å². The number of carbonyl (C=O) groups is 2. The van der Waals surface area contributed by atoms with Gasteiger partial charge in [0.25, 0.3) is 0 Å². The predicted octanol–water partition coefficient (Wildman–Crippen LogP) is 2.07. The van der Waals surface area contributed by atoms with Gasteiger partial charge in [-0.3, -0.25) is 14.5 Å². The van der Waals surface area contributed by atoms with Crippen LogP contribution in [-0.2, 0) is 4.79 Å². The van der Waals surface area contributed by atoms with E-state index in [4.69, 9.17) is 9.47 Å².